The predicted octanol–water partition coefficient (Wildman–Crippen LogP) is 10.7. The standard InChI is InChI=1S/C60H115NO13/c1-3-5-7-9-11-13-15-17-19-21-22-23-24-25-26-28-29-31-33-35-37-39-41-43-49(64)48(61-52(65)44-42-40-38-36-34-32-30-27-20-18-16-14-12-10-8-6-4-2)47-71-59-57(70)55(68)58(51(46-63)73-59)74-60-56(69)54(67)53(66)50(45-62)72-60/h18,20,48-51,53-60,62-64,66-70H,3-17,19,21-47H2,1-2H3,(H,61,65)/b20-18-. The van der Waals surface area contributed by atoms with Gasteiger partial charge in [-0.2, -0.15) is 0 Å². The maximum absolute atomic E-state index is 13.3. The number of ether oxygens (including phenoxy) is 4. The van der Waals surface area contributed by atoms with Crippen LogP contribution in [0.15, 0.2) is 12.2 Å². The molecule has 2 rings (SSSR count). The number of unbranched alkanes of at least 4 members (excludes halogenated alkanes) is 35. The van der Waals surface area contributed by atoms with Crippen LogP contribution in [0.25, 0.3) is 0 Å². The van der Waals surface area contributed by atoms with Gasteiger partial charge in [-0.25, -0.2) is 0 Å². The summed E-state index contributed by atoms with van der Waals surface area (Å²) in [7, 11) is 0. The quantitative estimate of drug-likeness (QED) is 0.0204. The zero-order chi connectivity index (χ0) is 53.9. The number of allylic oxidation sites excluding steroid dienone is 2. The van der Waals surface area contributed by atoms with E-state index in [1.165, 1.54) is 186 Å². The summed E-state index contributed by atoms with van der Waals surface area (Å²) in [6.07, 6.45) is 36.4. The summed E-state index contributed by atoms with van der Waals surface area (Å²) < 4.78 is 22.9. The Bertz CT molecular complexity index is 1290. The van der Waals surface area contributed by atoms with Gasteiger partial charge in [-0.15, -0.1) is 0 Å². The van der Waals surface area contributed by atoms with E-state index >= 15 is 0 Å². The first-order valence-corrected chi connectivity index (χ1v) is 30.9. The molecule has 0 aliphatic carbocycles. The van der Waals surface area contributed by atoms with Crippen molar-refractivity contribution < 1.29 is 64.6 Å². The first-order chi connectivity index (χ1) is 36.1. The van der Waals surface area contributed by atoms with Crippen LogP contribution in [0.4, 0.5) is 0 Å². The topological polar surface area (TPSA) is 228 Å². The van der Waals surface area contributed by atoms with Crippen molar-refractivity contribution in [1.29, 1.82) is 0 Å². The second kappa shape index (κ2) is 46.6. The molecule has 0 aromatic heterocycles. The fraction of sp³-hybridized carbons (Fsp3) is 0.950. The van der Waals surface area contributed by atoms with Gasteiger partial charge in [-0.05, 0) is 38.5 Å². The molecule has 0 radical (unpaired) electrons. The maximum Gasteiger partial charge on any atom is 0.220 e. The van der Waals surface area contributed by atoms with Gasteiger partial charge >= 0.3 is 0 Å². The molecule has 0 aromatic carbocycles. The average molecular weight is 1060 g/mol. The van der Waals surface area contributed by atoms with E-state index < -0.39 is 86.8 Å². The fourth-order valence-corrected chi connectivity index (χ4v) is 10.5. The van der Waals surface area contributed by atoms with E-state index in [4.69, 9.17) is 18.9 Å². The van der Waals surface area contributed by atoms with E-state index in [1.807, 2.05) is 0 Å². The molecule has 12 unspecified atom stereocenters. The molecule has 0 saturated carbocycles. The van der Waals surface area contributed by atoms with Crippen molar-refractivity contribution >= 4 is 5.91 Å². The Balaban J connectivity index is 1.73. The Labute approximate surface area is 450 Å². The molecule has 14 heteroatoms. The van der Waals surface area contributed by atoms with Crippen molar-refractivity contribution in [1.82, 2.24) is 5.32 Å². The Morgan fingerprint density at radius 1 is 0.473 bits per heavy atom. The van der Waals surface area contributed by atoms with Gasteiger partial charge in [0, 0.05) is 6.42 Å². The minimum atomic E-state index is -1.78. The SMILES string of the molecule is CCCCCCCC/C=C\CCCCCCCCCC(=O)NC(COC1OC(CO)C(OC2OC(CO)C(O)C(O)C2O)C(O)C1O)C(O)CCCCCCCCCCCCCCCCCCCCCCCCC. The molecule has 2 saturated heterocycles. The highest BCUT2D eigenvalue weighted by molar-refractivity contribution is 5.76. The molecule has 9 N–H and O–H groups in total. The highest BCUT2D eigenvalue weighted by atomic mass is 16.7. The van der Waals surface area contributed by atoms with E-state index in [9.17, 15) is 45.6 Å². The fourth-order valence-electron chi connectivity index (χ4n) is 10.5. The normalized spacial score (nSPS) is 25.2. The van der Waals surface area contributed by atoms with Crippen molar-refractivity contribution in [2.45, 2.75) is 344 Å². The molecule has 2 aliphatic rings. The van der Waals surface area contributed by atoms with Crippen LogP contribution in [0.3, 0.4) is 0 Å². The summed E-state index contributed by atoms with van der Waals surface area (Å²) in [5.41, 5.74) is 0. The van der Waals surface area contributed by atoms with Gasteiger partial charge in [0.05, 0.1) is 32.0 Å². The lowest BCUT2D eigenvalue weighted by Crippen LogP contribution is -2.65. The Kier molecular flexibility index (Phi) is 43.4. The molecular formula is C60H115NO13. The highest BCUT2D eigenvalue weighted by Gasteiger charge is 2.51. The third-order valence-corrected chi connectivity index (χ3v) is 15.5. The summed E-state index contributed by atoms with van der Waals surface area (Å²) >= 11 is 0. The van der Waals surface area contributed by atoms with E-state index in [-0.39, 0.29) is 12.5 Å². The molecule has 74 heavy (non-hydrogen) atoms. The number of rotatable bonds is 50. The first-order valence-electron chi connectivity index (χ1n) is 30.9. The molecule has 2 heterocycles. The molecule has 0 aromatic rings. The maximum atomic E-state index is 13.3. The number of nitrogens with one attached hydrogen (secondary N) is 1. The van der Waals surface area contributed by atoms with Crippen LogP contribution in [-0.2, 0) is 23.7 Å². The van der Waals surface area contributed by atoms with Gasteiger partial charge in [0.15, 0.2) is 12.6 Å². The predicted molar refractivity (Wildman–Crippen MR) is 295 cm³/mol. The smallest absolute Gasteiger partial charge is 0.220 e. The van der Waals surface area contributed by atoms with Crippen molar-refractivity contribution in [2.24, 2.45) is 0 Å². The van der Waals surface area contributed by atoms with E-state index in [1.54, 1.807) is 0 Å². The Morgan fingerprint density at radius 3 is 1.28 bits per heavy atom. The molecule has 12 atom stereocenters. The minimum absolute atomic E-state index is 0.207. The lowest BCUT2D eigenvalue weighted by atomic mass is 9.97. The second-order valence-corrected chi connectivity index (χ2v) is 22.2. The average Bonchev–Trinajstić information content (AvgIpc) is 3.40. The van der Waals surface area contributed by atoms with Crippen LogP contribution in [0, 0.1) is 0 Å². The van der Waals surface area contributed by atoms with Crippen molar-refractivity contribution in [2.75, 3.05) is 19.8 Å². The van der Waals surface area contributed by atoms with E-state index in [0.29, 0.717) is 12.8 Å². The van der Waals surface area contributed by atoms with Gasteiger partial charge in [-0.3, -0.25) is 4.79 Å². The Morgan fingerprint density at radius 2 is 0.851 bits per heavy atom. The van der Waals surface area contributed by atoms with Crippen LogP contribution in [0.1, 0.15) is 271 Å². The van der Waals surface area contributed by atoms with Crippen LogP contribution >= 0.6 is 0 Å². The van der Waals surface area contributed by atoms with Crippen molar-refractivity contribution in [3.8, 4) is 0 Å². The van der Waals surface area contributed by atoms with Crippen LogP contribution < -0.4 is 5.32 Å². The van der Waals surface area contributed by atoms with Crippen molar-refractivity contribution in [3.63, 3.8) is 0 Å². The molecular weight excluding hydrogens is 943 g/mol. The molecule has 1 amide bonds. The van der Waals surface area contributed by atoms with Gasteiger partial charge in [-0.1, -0.05) is 238 Å². The zero-order valence-electron chi connectivity index (χ0n) is 47.1. The molecule has 14 nitrogen and oxygen atoms in total. The molecule has 0 bridgehead atoms. The minimum Gasteiger partial charge on any atom is -0.394 e. The largest absolute Gasteiger partial charge is 0.394 e. The first kappa shape index (κ1) is 68.8. The number of aliphatic hydroxyl groups excluding tert-OH is 8. The number of hydrogen-bond donors (Lipinski definition) is 9. The second-order valence-electron chi connectivity index (χ2n) is 22.2. The monoisotopic (exact) mass is 1060 g/mol. The molecule has 438 valence electrons. The number of amides is 1. The van der Waals surface area contributed by atoms with E-state index in [2.05, 4.69) is 31.3 Å². The lowest BCUT2D eigenvalue weighted by Gasteiger charge is -2.46. The van der Waals surface area contributed by atoms with Crippen LogP contribution in [0.5, 0.6) is 0 Å². The van der Waals surface area contributed by atoms with Crippen LogP contribution in [0.2, 0.25) is 0 Å². The highest BCUT2D eigenvalue weighted by Crippen LogP contribution is 2.30. The summed E-state index contributed by atoms with van der Waals surface area (Å²) in [6.45, 7) is 2.89. The number of carbonyl (C=O) groups is 1. The summed E-state index contributed by atoms with van der Waals surface area (Å²) in [5.74, 6) is -0.207. The van der Waals surface area contributed by atoms with Crippen molar-refractivity contribution in [3.05, 3.63) is 12.2 Å². The molecule has 2 aliphatic heterocycles. The van der Waals surface area contributed by atoms with Gasteiger partial charge in [0.2, 0.25) is 5.91 Å². The van der Waals surface area contributed by atoms with Gasteiger partial charge in [0.25, 0.3) is 0 Å². The number of carbonyl (C=O) groups excluding carboxylic acids is 1. The Hall–Kier alpha value is -1.27. The summed E-state index contributed by atoms with van der Waals surface area (Å²) in [4.78, 5) is 13.3. The third-order valence-electron chi connectivity index (χ3n) is 15.5. The number of aliphatic hydroxyl groups is 8. The zero-order valence-corrected chi connectivity index (χ0v) is 47.1. The van der Waals surface area contributed by atoms with Gasteiger partial charge < -0.3 is 65.1 Å². The van der Waals surface area contributed by atoms with E-state index in [0.717, 1.165) is 57.8 Å². The summed E-state index contributed by atoms with van der Waals surface area (Å²) in [5, 5.41) is 87.3. The lowest BCUT2D eigenvalue weighted by molar-refractivity contribution is -0.359. The van der Waals surface area contributed by atoms with Crippen LogP contribution in [-0.4, -0.2) is 140 Å². The number of hydrogen-bond acceptors (Lipinski definition) is 13. The summed E-state index contributed by atoms with van der Waals surface area (Å²) in [6, 6.07) is -0.828. The van der Waals surface area contributed by atoms with Gasteiger partial charge in [0.1, 0.15) is 48.8 Å². The molecule has 0 spiro atoms. The third kappa shape index (κ3) is 32.0. The molecule has 2 fully saturated rings.